The van der Waals surface area contributed by atoms with Crippen molar-refractivity contribution < 1.29 is 4.79 Å². The maximum Gasteiger partial charge on any atom is 0.252 e. The molecule has 1 aromatic rings. The molecule has 2 rings (SSSR count). The van der Waals surface area contributed by atoms with E-state index in [1.54, 1.807) is 6.07 Å². The Morgan fingerprint density at radius 1 is 1.50 bits per heavy atom. The van der Waals surface area contributed by atoms with E-state index in [9.17, 15) is 4.79 Å². The number of halogens is 1. The van der Waals surface area contributed by atoms with E-state index in [-0.39, 0.29) is 11.7 Å². The Labute approximate surface area is 124 Å². The van der Waals surface area contributed by atoms with Gasteiger partial charge in [0.1, 0.15) is 5.82 Å². The first-order valence-electron chi connectivity index (χ1n) is 7.01. The smallest absolute Gasteiger partial charge is 0.252 e. The lowest BCUT2D eigenvalue weighted by Gasteiger charge is -2.32. The number of piperidine rings is 1. The molecule has 20 heavy (non-hydrogen) atoms. The fourth-order valence-corrected chi connectivity index (χ4v) is 2.57. The first-order valence-corrected chi connectivity index (χ1v) is 7.39. The Morgan fingerprint density at radius 3 is 2.85 bits per heavy atom. The van der Waals surface area contributed by atoms with Crippen molar-refractivity contribution in [2.75, 3.05) is 25.4 Å². The number of anilines is 1. The molecule has 1 aliphatic rings. The predicted octanol–water partition coefficient (Wildman–Crippen LogP) is 1.92. The minimum atomic E-state index is -0.164. The van der Waals surface area contributed by atoms with Gasteiger partial charge in [-0.2, -0.15) is 0 Å². The molecule has 0 bridgehead atoms. The number of nitrogens with two attached hydrogens (primary N) is 1. The molecule has 3 N–H and O–H groups in total. The van der Waals surface area contributed by atoms with Crippen molar-refractivity contribution in [3.05, 3.63) is 22.8 Å². The molecule has 1 aliphatic heterocycles. The number of carbonyl (C=O) groups is 1. The van der Waals surface area contributed by atoms with Crippen LogP contribution in [-0.4, -0.2) is 41.5 Å². The largest absolute Gasteiger partial charge is 0.382 e. The number of pyridine rings is 1. The number of aromatic nitrogens is 1. The van der Waals surface area contributed by atoms with Gasteiger partial charge in [-0.05, 0) is 38.9 Å². The molecule has 1 atom stereocenters. The SMILES string of the molecule is CC(CNC(=O)c1cnc(N)c(Cl)c1)N1CCCCC1. The average Bonchev–Trinajstić information content (AvgIpc) is 2.48. The van der Waals surface area contributed by atoms with Crippen LogP contribution in [0.5, 0.6) is 0 Å². The Hall–Kier alpha value is -1.33. The highest BCUT2D eigenvalue weighted by Gasteiger charge is 2.17. The van der Waals surface area contributed by atoms with Gasteiger partial charge in [-0.15, -0.1) is 0 Å². The van der Waals surface area contributed by atoms with Gasteiger partial charge in [-0.1, -0.05) is 18.0 Å². The van der Waals surface area contributed by atoms with Crippen LogP contribution in [0.3, 0.4) is 0 Å². The van der Waals surface area contributed by atoms with Gasteiger partial charge in [0.2, 0.25) is 0 Å². The minimum absolute atomic E-state index is 0.164. The Balaban J connectivity index is 1.86. The molecular formula is C14H21ClN4O. The van der Waals surface area contributed by atoms with Crippen LogP contribution in [0.1, 0.15) is 36.5 Å². The zero-order valence-electron chi connectivity index (χ0n) is 11.7. The third kappa shape index (κ3) is 3.84. The highest BCUT2D eigenvalue weighted by atomic mass is 35.5. The van der Waals surface area contributed by atoms with E-state index in [1.165, 1.54) is 25.5 Å². The number of amides is 1. The van der Waals surface area contributed by atoms with E-state index >= 15 is 0 Å². The molecule has 0 spiro atoms. The second-order valence-electron chi connectivity index (χ2n) is 5.25. The van der Waals surface area contributed by atoms with Crippen molar-refractivity contribution in [2.24, 2.45) is 0 Å². The van der Waals surface area contributed by atoms with Crippen LogP contribution in [-0.2, 0) is 0 Å². The number of likely N-dealkylation sites (tertiary alicyclic amines) is 1. The summed E-state index contributed by atoms with van der Waals surface area (Å²) >= 11 is 5.87. The van der Waals surface area contributed by atoms with Crippen LogP contribution in [0.15, 0.2) is 12.3 Å². The third-order valence-electron chi connectivity index (χ3n) is 3.70. The summed E-state index contributed by atoms with van der Waals surface area (Å²) in [6.07, 6.45) is 5.25. The monoisotopic (exact) mass is 296 g/mol. The highest BCUT2D eigenvalue weighted by molar-refractivity contribution is 6.33. The topological polar surface area (TPSA) is 71.2 Å². The van der Waals surface area contributed by atoms with Crippen LogP contribution in [0.4, 0.5) is 5.82 Å². The lowest BCUT2D eigenvalue weighted by Crippen LogP contribution is -2.44. The second kappa shape index (κ2) is 6.90. The summed E-state index contributed by atoms with van der Waals surface area (Å²) in [6, 6.07) is 1.89. The van der Waals surface area contributed by atoms with Gasteiger partial charge < -0.3 is 11.1 Å². The van der Waals surface area contributed by atoms with E-state index in [1.807, 2.05) is 0 Å². The lowest BCUT2D eigenvalue weighted by atomic mass is 10.1. The van der Waals surface area contributed by atoms with E-state index in [0.717, 1.165) is 13.1 Å². The molecule has 1 saturated heterocycles. The van der Waals surface area contributed by atoms with E-state index in [2.05, 4.69) is 22.1 Å². The van der Waals surface area contributed by atoms with Crippen LogP contribution in [0.25, 0.3) is 0 Å². The number of rotatable bonds is 4. The lowest BCUT2D eigenvalue weighted by molar-refractivity contribution is 0.0929. The summed E-state index contributed by atoms with van der Waals surface area (Å²) in [5.41, 5.74) is 5.97. The first kappa shape index (κ1) is 15.1. The summed E-state index contributed by atoms with van der Waals surface area (Å²) in [7, 11) is 0. The molecule has 6 heteroatoms. The van der Waals surface area contributed by atoms with E-state index in [0.29, 0.717) is 23.2 Å². The van der Waals surface area contributed by atoms with Crippen molar-refractivity contribution in [3.63, 3.8) is 0 Å². The van der Waals surface area contributed by atoms with Gasteiger partial charge in [0.25, 0.3) is 5.91 Å². The summed E-state index contributed by atoms with van der Waals surface area (Å²) in [5.74, 6) is 0.0770. The summed E-state index contributed by atoms with van der Waals surface area (Å²) in [4.78, 5) is 18.3. The number of hydrogen-bond acceptors (Lipinski definition) is 4. The van der Waals surface area contributed by atoms with Crippen LogP contribution < -0.4 is 11.1 Å². The van der Waals surface area contributed by atoms with Gasteiger partial charge in [0.05, 0.1) is 10.6 Å². The van der Waals surface area contributed by atoms with Crippen LogP contribution >= 0.6 is 11.6 Å². The van der Waals surface area contributed by atoms with Crippen molar-refractivity contribution in [1.82, 2.24) is 15.2 Å². The zero-order chi connectivity index (χ0) is 14.5. The molecular weight excluding hydrogens is 276 g/mol. The highest BCUT2D eigenvalue weighted by Crippen LogP contribution is 2.16. The molecule has 1 aromatic heterocycles. The van der Waals surface area contributed by atoms with E-state index < -0.39 is 0 Å². The Kier molecular flexibility index (Phi) is 5.20. The second-order valence-corrected chi connectivity index (χ2v) is 5.65. The number of carbonyl (C=O) groups excluding carboxylic acids is 1. The Morgan fingerprint density at radius 2 is 2.20 bits per heavy atom. The number of hydrogen-bond donors (Lipinski definition) is 2. The summed E-state index contributed by atoms with van der Waals surface area (Å²) in [6.45, 7) is 5.00. The van der Waals surface area contributed by atoms with Gasteiger partial charge in [-0.25, -0.2) is 4.98 Å². The van der Waals surface area contributed by atoms with E-state index in [4.69, 9.17) is 17.3 Å². The molecule has 1 fully saturated rings. The maximum absolute atomic E-state index is 12.0. The zero-order valence-corrected chi connectivity index (χ0v) is 12.5. The normalized spacial score (nSPS) is 17.7. The molecule has 0 saturated carbocycles. The van der Waals surface area contributed by atoms with Gasteiger partial charge in [0, 0.05) is 18.8 Å². The number of nitrogen functional groups attached to an aromatic ring is 1. The third-order valence-corrected chi connectivity index (χ3v) is 4.01. The molecule has 2 heterocycles. The molecule has 1 unspecified atom stereocenters. The Bertz CT molecular complexity index is 474. The van der Waals surface area contributed by atoms with Crippen molar-refractivity contribution in [3.8, 4) is 0 Å². The van der Waals surface area contributed by atoms with Crippen LogP contribution in [0.2, 0.25) is 5.02 Å². The first-order chi connectivity index (χ1) is 9.58. The standard InChI is InChI=1S/C14H21ClN4O/c1-10(19-5-3-2-4-6-19)8-18-14(20)11-7-12(15)13(16)17-9-11/h7,9-10H,2-6,8H2,1H3,(H2,16,17)(H,18,20). The molecule has 0 radical (unpaired) electrons. The number of nitrogens with zero attached hydrogens (tertiary/aromatic N) is 2. The van der Waals surface area contributed by atoms with Gasteiger partial charge >= 0.3 is 0 Å². The minimum Gasteiger partial charge on any atom is -0.382 e. The molecule has 5 nitrogen and oxygen atoms in total. The molecule has 1 amide bonds. The van der Waals surface area contributed by atoms with Gasteiger partial charge in [-0.3, -0.25) is 9.69 Å². The predicted molar refractivity (Wildman–Crippen MR) is 80.9 cm³/mol. The molecule has 110 valence electrons. The van der Waals surface area contributed by atoms with Crippen LogP contribution in [0, 0.1) is 0 Å². The summed E-state index contributed by atoms with van der Waals surface area (Å²) in [5, 5.41) is 3.23. The van der Waals surface area contributed by atoms with Crippen molar-refractivity contribution in [2.45, 2.75) is 32.2 Å². The summed E-state index contributed by atoms with van der Waals surface area (Å²) < 4.78 is 0. The molecule has 0 aromatic carbocycles. The quantitative estimate of drug-likeness (QED) is 0.890. The average molecular weight is 297 g/mol. The fourth-order valence-electron chi connectivity index (χ4n) is 2.40. The fraction of sp³-hybridized carbons (Fsp3) is 0.571. The number of nitrogens with one attached hydrogen (secondary N) is 1. The maximum atomic E-state index is 12.0. The molecule has 0 aliphatic carbocycles. The van der Waals surface area contributed by atoms with Crippen molar-refractivity contribution in [1.29, 1.82) is 0 Å². The van der Waals surface area contributed by atoms with Gasteiger partial charge in [0.15, 0.2) is 0 Å². The van der Waals surface area contributed by atoms with Crippen molar-refractivity contribution >= 4 is 23.3 Å².